The third-order valence-corrected chi connectivity index (χ3v) is 2.46. The maximum atomic E-state index is 12.2. The summed E-state index contributed by atoms with van der Waals surface area (Å²) in [5.74, 6) is 0.172. The van der Waals surface area contributed by atoms with Gasteiger partial charge in [-0.2, -0.15) is 0 Å². The summed E-state index contributed by atoms with van der Waals surface area (Å²) in [5.41, 5.74) is 1.36. The molecule has 0 bridgehead atoms. The van der Waals surface area contributed by atoms with E-state index in [0.29, 0.717) is 0 Å². The number of thiol groups is 1. The normalized spacial score (nSPS) is 19.9. The summed E-state index contributed by atoms with van der Waals surface area (Å²) in [6, 6.07) is 0. The minimum Gasteiger partial charge on any atom is -0.251 e. The van der Waals surface area contributed by atoms with Crippen molar-refractivity contribution in [2.24, 2.45) is 5.92 Å². The van der Waals surface area contributed by atoms with E-state index in [1.165, 1.54) is 5.57 Å². The molecule has 0 aliphatic heterocycles. The van der Waals surface area contributed by atoms with Crippen molar-refractivity contribution in [1.29, 1.82) is 0 Å². The predicted octanol–water partition coefficient (Wildman–Crippen LogP) is 3.52. The molecular formula is C10H15FS. The lowest BCUT2D eigenvalue weighted by atomic mass is 9.95. The van der Waals surface area contributed by atoms with Crippen LogP contribution in [0.5, 0.6) is 0 Å². The van der Waals surface area contributed by atoms with E-state index in [4.69, 9.17) is 0 Å². The van der Waals surface area contributed by atoms with Crippen LogP contribution in [-0.4, -0.2) is 6.67 Å². The van der Waals surface area contributed by atoms with Gasteiger partial charge in [-0.3, -0.25) is 4.39 Å². The van der Waals surface area contributed by atoms with Crippen LogP contribution in [0.4, 0.5) is 4.39 Å². The SMILES string of the molecule is CC(CF)CC1=CC=C(S)CC1. The molecule has 0 saturated heterocycles. The maximum absolute atomic E-state index is 12.2. The van der Waals surface area contributed by atoms with Crippen LogP contribution in [0.3, 0.4) is 0 Å². The maximum Gasteiger partial charge on any atom is 0.0923 e. The summed E-state index contributed by atoms with van der Waals surface area (Å²) in [7, 11) is 0. The number of hydrogen-bond acceptors (Lipinski definition) is 1. The van der Waals surface area contributed by atoms with Crippen molar-refractivity contribution in [1.82, 2.24) is 0 Å². The lowest BCUT2D eigenvalue weighted by Gasteiger charge is -2.13. The Hall–Kier alpha value is -0.240. The molecule has 0 saturated carbocycles. The predicted molar refractivity (Wildman–Crippen MR) is 54.1 cm³/mol. The van der Waals surface area contributed by atoms with Crippen molar-refractivity contribution in [2.45, 2.75) is 26.2 Å². The zero-order chi connectivity index (χ0) is 8.97. The van der Waals surface area contributed by atoms with E-state index >= 15 is 0 Å². The second-order valence-electron chi connectivity index (χ2n) is 3.45. The van der Waals surface area contributed by atoms with E-state index in [-0.39, 0.29) is 12.6 Å². The number of rotatable bonds is 3. The molecule has 0 fully saturated rings. The fourth-order valence-electron chi connectivity index (χ4n) is 1.34. The molecule has 0 heterocycles. The average Bonchev–Trinajstić information content (AvgIpc) is 2.09. The number of allylic oxidation sites excluding steroid dienone is 4. The third-order valence-electron chi connectivity index (χ3n) is 2.09. The van der Waals surface area contributed by atoms with Gasteiger partial charge in [0.25, 0.3) is 0 Å². The molecule has 2 heteroatoms. The summed E-state index contributed by atoms with van der Waals surface area (Å²) in [6.45, 7) is 1.73. The molecule has 0 aromatic rings. The van der Waals surface area contributed by atoms with Crippen molar-refractivity contribution in [3.8, 4) is 0 Å². The van der Waals surface area contributed by atoms with Crippen molar-refractivity contribution in [3.05, 3.63) is 22.6 Å². The zero-order valence-corrected chi connectivity index (χ0v) is 8.28. The third kappa shape index (κ3) is 3.02. The molecule has 0 aromatic carbocycles. The van der Waals surface area contributed by atoms with Crippen LogP contribution in [-0.2, 0) is 0 Å². The molecule has 1 rings (SSSR count). The van der Waals surface area contributed by atoms with Gasteiger partial charge in [0.2, 0.25) is 0 Å². The van der Waals surface area contributed by atoms with Crippen molar-refractivity contribution >= 4 is 12.6 Å². The average molecular weight is 186 g/mol. The molecule has 1 aliphatic carbocycles. The molecule has 1 aliphatic rings. The molecule has 0 aromatic heterocycles. The van der Waals surface area contributed by atoms with Crippen LogP contribution in [0, 0.1) is 5.92 Å². The van der Waals surface area contributed by atoms with Crippen molar-refractivity contribution in [3.63, 3.8) is 0 Å². The highest BCUT2D eigenvalue weighted by atomic mass is 32.1. The lowest BCUT2D eigenvalue weighted by Crippen LogP contribution is -2.00. The molecule has 0 radical (unpaired) electrons. The number of halogens is 1. The van der Waals surface area contributed by atoms with Gasteiger partial charge in [-0.1, -0.05) is 24.6 Å². The van der Waals surface area contributed by atoms with Gasteiger partial charge >= 0.3 is 0 Å². The Morgan fingerprint density at radius 1 is 1.50 bits per heavy atom. The van der Waals surface area contributed by atoms with Gasteiger partial charge in [0.15, 0.2) is 0 Å². The molecule has 0 N–H and O–H groups in total. The first kappa shape index (κ1) is 9.85. The fraction of sp³-hybridized carbons (Fsp3) is 0.600. The van der Waals surface area contributed by atoms with Gasteiger partial charge in [0, 0.05) is 0 Å². The van der Waals surface area contributed by atoms with Crippen LogP contribution < -0.4 is 0 Å². The minimum absolute atomic E-state index is 0.172. The minimum atomic E-state index is -0.214. The highest BCUT2D eigenvalue weighted by molar-refractivity contribution is 7.84. The van der Waals surface area contributed by atoms with E-state index in [2.05, 4.69) is 18.7 Å². The Balaban J connectivity index is 2.43. The van der Waals surface area contributed by atoms with E-state index in [0.717, 1.165) is 24.2 Å². The highest BCUT2D eigenvalue weighted by Crippen LogP contribution is 2.25. The van der Waals surface area contributed by atoms with E-state index in [1.54, 1.807) is 0 Å². The van der Waals surface area contributed by atoms with E-state index in [9.17, 15) is 4.39 Å². The van der Waals surface area contributed by atoms with Crippen LogP contribution in [0.2, 0.25) is 0 Å². The van der Waals surface area contributed by atoms with E-state index in [1.807, 2.05) is 13.0 Å². The summed E-state index contributed by atoms with van der Waals surface area (Å²) >= 11 is 4.26. The van der Waals surface area contributed by atoms with Gasteiger partial charge in [-0.05, 0) is 30.1 Å². The quantitative estimate of drug-likeness (QED) is 0.641. The molecule has 12 heavy (non-hydrogen) atoms. The summed E-state index contributed by atoms with van der Waals surface area (Å²) in [4.78, 5) is 1.13. The number of alkyl halides is 1. The Bertz CT molecular complexity index is 206. The first-order chi connectivity index (χ1) is 5.72. The Kier molecular flexibility index (Phi) is 3.86. The van der Waals surface area contributed by atoms with E-state index < -0.39 is 0 Å². The van der Waals surface area contributed by atoms with Crippen molar-refractivity contribution in [2.75, 3.05) is 6.67 Å². The van der Waals surface area contributed by atoms with Crippen LogP contribution in [0.15, 0.2) is 22.6 Å². The van der Waals surface area contributed by atoms with Crippen LogP contribution in [0.25, 0.3) is 0 Å². The molecule has 0 nitrogen and oxygen atoms in total. The monoisotopic (exact) mass is 186 g/mol. The molecular weight excluding hydrogens is 171 g/mol. The van der Waals surface area contributed by atoms with Crippen LogP contribution >= 0.6 is 12.6 Å². The highest BCUT2D eigenvalue weighted by Gasteiger charge is 2.08. The largest absolute Gasteiger partial charge is 0.251 e. The van der Waals surface area contributed by atoms with Gasteiger partial charge in [0.05, 0.1) is 6.67 Å². The van der Waals surface area contributed by atoms with Gasteiger partial charge in [-0.15, -0.1) is 12.6 Å². The number of hydrogen-bond donors (Lipinski definition) is 1. The van der Waals surface area contributed by atoms with Crippen LogP contribution in [0.1, 0.15) is 26.2 Å². The second kappa shape index (κ2) is 4.70. The van der Waals surface area contributed by atoms with Gasteiger partial charge < -0.3 is 0 Å². The smallest absolute Gasteiger partial charge is 0.0923 e. The fourth-order valence-corrected chi connectivity index (χ4v) is 1.53. The Labute approximate surface area is 79.0 Å². The first-order valence-electron chi connectivity index (χ1n) is 4.36. The zero-order valence-electron chi connectivity index (χ0n) is 7.39. The second-order valence-corrected chi connectivity index (χ2v) is 4.02. The molecule has 0 spiro atoms. The first-order valence-corrected chi connectivity index (χ1v) is 4.80. The molecule has 1 unspecified atom stereocenters. The summed E-state index contributed by atoms with van der Waals surface area (Å²) in [5, 5.41) is 0. The summed E-state index contributed by atoms with van der Waals surface area (Å²) < 4.78 is 12.2. The van der Waals surface area contributed by atoms with Gasteiger partial charge in [0.1, 0.15) is 0 Å². The van der Waals surface area contributed by atoms with Gasteiger partial charge in [-0.25, -0.2) is 0 Å². The topological polar surface area (TPSA) is 0 Å². The lowest BCUT2D eigenvalue weighted by molar-refractivity contribution is 0.378. The molecule has 0 amide bonds. The summed E-state index contributed by atoms with van der Waals surface area (Å²) in [6.07, 6.45) is 7.08. The molecule has 1 atom stereocenters. The Morgan fingerprint density at radius 3 is 2.75 bits per heavy atom. The molecule has 68 valence electrons. The van der Waals surface area contributed by atoms with Crippen molar-refractivity contribution < 1.29 is 4.39 Å². The standard InChI is InChI=1S/C10H15FS/c1-8(7-11)6-9-2-4-10(12)5-3-9/h2,4,8,12H,3,5-7H2,1H3. The Morgan fingerprint density at radius 2 is 2.25 bits per heavy atom.